The van der Waals surface area contributed by atoms with E-state index in [-0.39, 0.29) is 3.54 Å². The Morgan fingerprint density at radius 1 is 1.33 bits per heavy atom. The Kier molecular flexibility index (Phi) is 4.84. The topological polar surface area (TPSA) is 3.24 Å². The van der Waals surface area contributed by atoms with E-state index in [9.17, 15) is 0 Å². The van der Waals surface area contributed by atoms with Gasteiger partial charge in [-0.1, -0.05) is 0 Å². The van der Waals surface area contributed by atoms with Crippen molar-refractivity contribution in [3.63, 3.8) is 0 Å². The van der Waals surface area contributed by atoms with E-state index in [1.54, 1.807) is 0 Å². The summed E-state index contributed by atoms with van der Waals surface area (Å²) in [6.45, 7) is 9.39. The van der Waals surface area contributed by atoms with Gasteiger partial charge in [-0.15, -0.1) is 0 Å². The average molecular weight is 300 g/mol. The van der Waals surface area contributed by atoms with Gasteiger partial charge in [0.05, 0.1) is 0 Å². The van der Waals surface area contributed by atoms with E-state index in [0.717, 1.165) is 13.1 Å². The summed E-state index contributed by atoms with van der Waals surface area (Å²) in [7, 11) is 5.72. The summed E-state index contributed by atoms with van der Waals surface area (Å²) < 4.78 is 0.257. The number of nitrogens with zero attached hydrogens (tertiary/aromatic N) is 1. The predicted molar refractivity (Wildman–Crippen MR) is 57.5 cm³/mol. The average Bonchev–Trinajstić information content (AvgIpc) is 2.85. The van der Waals surface area contributed by atoms with Gasteiger partial charge in [-0.05, 0) is 0 Å². The first-order valence-corrected chi connectivity index (χ1v) is 8.78. The van der Waals surface area contributed by atoms with Gasteiger partial charge in [-0.25, -0.2) is 0 Å². The van der Waals surface area contributed by atoms with Crippen LogP contribution in [0, 0.1) is 0 Å². The van der Waals surface area contributed by atoms with Crippen LogP contribution in [-0.2, 0) is 18.5 Å². The maximum absolute atomic E-state index is 3.76. The first-order chi connectivity index (χ1) is 5.79. The van der Waals surface area contributed by atoms with Gasteiger partial charge in [0.2, 0.25) is 0 Å². The molecule has 1 aliphatic heterocycles. The molecule has 0 spiro atoms. The van der Waals surface area contributed by atoms with Crippen LogP contribution in [0.3, 0.4) is 0 Å². The molecule has 0 amide bonds. The van der Waals surface area contributed by atoms with Crippen molar-refractivity contribution in [3.8, 4) is 0 Å². The second-order valence-corrected chi connectivity index (χ2v) is 7.53. The molecule has 0 atom stereocenters. The molecule has 0 bridgehead atoms. The first-order valence-electron chi connectivity index (χ1n) is 3.43. The van der Waals surface area contributed by atoms with Crippen molar-refractivity contribution in [2.75, 3.05) is 13.1 Å². The molecule has 1 rings (SSSR count). The first kappa shape index (κ1) is 11.3. The molecule has 1 nitrogen and oxygen atoms in total. The second kappa shape index (κ2) is 5.16. The second-order valence-electron chi connectivity index (χ2n) is 2.26. The molecule has 5 heteroatoms. The molecule has 0 unspecified atom stereocenters. The van der Waals surface area contributed by atoms with Crippen LogP contribution in [0.15, 0.2) is 25.3 Å². The standard InChI is InChI=1S/C7H11NS3.Mo/c1-3-5-8(6-4-2)7(9)10-11-7;/h3-4,9H,1-2,5-6H2;/q;+1/p-1. The molecule has 1 fully saturated rings. The van der Waals surface area contributed by atoms with Crippen molar-refractivity contribution in [1.82, 2.24) is 4.90 Å². The van der Waals surface area contributed by atoms with E-state index in [1.807, 2.05) is 43.2 Å². The molecular formula is C7H10MoNS3. The molecule has 0 aromatic carbocycles. The Balaban J connectivity index is 2.51. The molecule has 1 aliphatic rings. The summed E-state index contributed by atoms with van der Waals surface area (Å²) in [6, 6.07) is 0. The fourth-order valence-corrected chi connectivity index (χ4v) is 8.01. The minimum atomic E-state index is 0.257. The molecule has 0 aliphatic carbocycles. The van der Waals surface area contributed by atoms with Gasteiger partial charge in [0.25, 0.3) is 0 Å². The van der Waals surface area contributed by atoms with E-state index >= 15 is 0 Å². The number of hydrogen-bond donors (Lipinski definition) is 0. The van der Waals surface area contributed by atoms with E-state index in [1.165, 1.54) is 0 Å². The molecule has 1 heterocycles. The van der Waals surface area contributed by atoms with Crippen molar-refractivity contribution in [2.45, 2.75) is 3.54 Å². The summed E-state index contributed by atoms with van der Waals surface area (Å²) in [5.41, 5.74) is 0. The van der Waals surface area contributed by atoms with E-state index in [4.69, 9.17) is 0 Å². The van der Waals surface area contributed by atoms with Crippen molar-refractivity contribution in [3.05, 3.63) is 25.3 Å². The third kappa shape index (κ3) is 2.58. The van der Waals surface area contributed by atoms with Gasteiger partial charge in [0, 0.05) is 0 Å². The van der Waals surface area contributed by atoms with Gasteiger partial charge in [-0.3, -0.25) is 0 Å². The molecule has 1 saturated heterocycles. The molecule has 0 N–H and O–H groups in total. The molecule has 12 heavy (non-hydrogen) atoms. The third-order valence-electron chi connectivity index (χ3n) is 1.42. The Morgan fingerprint density at radius 3 is 2.08 bits per heavy atom. The zero-order valence-electron chi connectivity index (χ0n) is 6.56. The Hall–Kier alpha value is 1.18. The van der Waals surface area contributed by atoms with Crippen LogP contribution in [0.5, 0.6) is 0 Å². The summed E-state index contributed by atoms with van der Waals surface area (Å²) in [4.78, 5) is 2.37. The molecule has 0 radical (unpaired) electrons. The Labute approximate surface area is 95.8 Å². The van der Waals surface area contributed by atoms with E-state index < -0.39 is 0 Å². The summed E-state index contributed by atoms with van der Waals surface area (Å²) in [5, 5.41) is 0. The molecule has 0 aromatic rings. The zero-order chi connectivity index (χ0) is 9.03. The normalized spacial score (nSPS) is 19.1. The van der Waals surface area contributed by atoms with Crippen molar-refractivity contribution >= 4 is 31.1 Å². The van der Waals surface area contributed by atoms with Gasteiger partial charge < -0.3 is 0 Å². The zero-order valence-corrected chi connectivity index (χ0v) is 11.0. The van der Waals surface area contributed by atoms with Crippen LogP contribution >= 0.6 is 31.1 Å². The van der Waals surface area contributed by atoms with Crippen LogP contribution in [0.2, 0.25) is 0 Å². The molecular weight excluding hydrogens is 290 g/mol. The van der Waals surface area contributed by atoms with Crippen LogP contribution in [-0.4, -0.2) is 21.5 Å². The van der Waals surface area contributed by atoms with Gasteiger partial charge in [0.1, 0.15) is 0 Å². The monoisotopic (exact) mass is 302 g/mol. The molecule has 67 valence electrons. The van der Waals surface area contributed by atoms with Gasteiger partial charge in [-0.2, -0.15) is 0 Å². The van der Waals surface area contributed by atoms with Crippen LogP contribution < -0.4 is 0 Å². The third-order valence-corrected chi connectivity index (χ3v) is 9.40. The summed E-state index contributed by atoms with van der Waals surface area (Å²) in [6.07, 6.45) is 3.89. The van der Waals surface area contributed by atoms with Crippen molar-refractivity contribution in [2.24, 2.45) is 0 Å². The Bertz CT molecular complexity index is 171. The van der Waals surface area contributed by atoms with Crippen LogP contribution in [0.1, 0.15) is 0 Å². The van der Waals surface area contributed by atoms with Crippen LogP contribution in [0.4, 0.5) is 0 Å². The minimum absolute atomic E-state index is 0.257. The van der Waals surface area contributed by atoms with E-state index in [2.05, 4.69) is 36.6 Å². The van der Waals surface area contributed by atoms with Gasteiger partial charge >= 0.3 is 96.4 Å². The summed E-state index contributed by atoms with van der Waals surface area (Å²) in [5.74, 6) is 0. The Morgan fingerprint density at radius 2 is 1.83 bits per heavy atom. The number of hydrogen-bond acceptors (Lipinski definition) is 4. The van der Waals surface area contributed by atoms with E-state index in [0.29, 0.717) is 0 Å². The molecule has 0 saturated carbocycles. The fourth-order valence-electron chi connectivity index (χ4n) is 0.831. The van der Waals surface area contributed by atoms with Crippen molar-refractivity contribution in [1.29, 1.82) is 0 Å². The van der Waals surface area contributed by atoms with Gasteiger partial charge in [0.15, 0.2) is 0 Å². The maximum atomic E-state index is 3.76. The van der Waals surface area contributed by atoms with Crippen LogP contribution in [0.25, 0.3) is 0 Å². The van der Waals surface area contributed by atoms with Crippen molar-refractivity contribution < 1.29 is 18.5 Å². The number of rotatable bonds is 6. The summed E-state index contributed by atoms with van der Waals surface area (Å²) >= 11 is 2.08. The molecule has 0 aromatic heterocycles. The quantitative estimate of drug-likeness (QED) is 0.244. The predicted octanol–water partition coefficient (Wildman–Crippen LogP) is 2.86. The SMILES string of the molecule is C=CCN(CC=C)C1([S][Mo])SS1. The fraction of sp³-hybridized carbons (Fsp3) is 0.429.